The Kier molecular flexibility index (Phi) is 2.13. The highest BCUT2D eigenvalue weighted by Gasteiger charge is 2.10. The van der Waals surface area contributed by atoms with Crippen LogP contribution in [0.5, 0.6) is 5.75 Å². The molecule has 2 aromatic rings. The molecule has 0 fully saturated rings. The van der Waals surface area contributed by atoms with E-state index in [-0.39, 0.29) is 0 Å². The molecule has 14 heavy (non-hydrogen) atoms. The monoisotopic (exact) mass is 207 g/mol. The average molecular weight is 207 g/mol. The van der Waals surface area contributed by atoms with Crippen molar-refractivity contribution in [2.75, 3.05) is 12.8 Å². The Balaban J connectivity index is 2.86. The Morgan fingerprint density at radius 1 is 1.57 bits per heavy atom. The average Bonchev–Trinajstić information content (AvgIpc) is 2.68. The molecule has 0 aliphatic carbocycles. The molecule has 0 saturated heterocycles. The minimum atomic E-state index is 0.554. The summed E-state index contributed by atoms with van der Waals surface area (Å²) < 4.78 is 6.00. The molecule has 0 atom stereocenters. The third-order valence-electron chi connectivity index (χ3n) is 2.12. The maximum atomic E-state index is 10.8. The first-order valence-electron chi connectivity index (χ1n) is 4.06. The summed E-state index contributed by atoms with van der Waals surface area (Å²) in [6.45, 7) is 0. The molecule has 0 saturated carbocycles. The van der Waals surface area contributed by atoms with Crippen LogP contribution < -0.4 is 10.5 Å². The molecule has 1 heterocycles. The van der Waals surface area contributed by atoms with Gasteiger partial charge in [-0.3, -0.25) is 4.79 Å². The van der Waals surface area contributed by atoms with Crippen LogP contribution in [0.4, 0.5) is 5.69 Å². The number of carbonyl (C=O) groups is 1. The van der Waals surface area contributed by atoms with Crippen LogP contribution in [-0.4, -0.2) is 13.4 Å². The molecule has 0 unspecified atom stereocenters. The second-order valence-electron chi connectivity index (χ2n) is 2.86. The van der Waals surface area contributed by atoms with Crippen LogP contribution in [0.1, 0.15) is 10.4 Å². The summed E-state index contributed by atoms with van der Waals surface area (Å²) in [6, 6.07) is 3.56. The topological polar surface area (TPSA) is 52.3 Å². The summed E-state index contributed by atoms with van der Waals surface area (Å²) >= 11 is 1.51. The van der Waals surface area contributed by atoms with Crippen LogP contribution in [0.25, 0.3) is 10.1 Å². The van der Waals surface area contributed by atoms with Gasteiger partial charge in [-0.25, -0.2) is 0 Å². The lowest BCUT2D eigenvalue weighted by Gasteiger charge is -2.06. The van der Waals surface area contributed by atoms with Crippen molar-refractivity contribution in [1.29, 1.82) is 0 Å². The molecule has 1 aromatic heterocycles. The van der Waals surface area contributed by atoms with Crippen molar-refractivity contribution in [3.63, 3.8) is 0 Å². The van der Waals surface area contributed by atoms with Gasteiger partial charge in [0.1, 0.15) is 5.75 Å². The number of fused-ring (bicyclic) bond motifs is 1. The minimum Gasteiger partial charge on any atom is -0.495 e. The number of nitrogen functional groups attached to an aromatic ring is 1. The molecule has 1 aromatic carbocycles. The van der Waals surface area contributed by atoms with Crippen LogP contribution in [0, 0.1) is 0 Å². The molecule has 4 heteroatoms. The van der Waals surface area contributed by atoms with Crippen LogP contribution in [0.15, 0.2) is 17.5 Å². The van der Waals surface area contributed by atoms with E-state index in [1.165, 1.54) is 11.3 Å². The Labute approximate surface area is 85.1 Å². The van der Waals surface area contributed by atoms with Crippen LogP contribution in [0.3, 0.4) is 0 Å². The van der Waals surface area contributed by atoms with Crippen molar-refractivity contribution in [1.82, 2.24) is 0 Å². The van der Waals surface area contributed by atoms with E-state index in [0.717, 1.165) is 16.4 Å². The second kappa shape index (κ2) is 3.31. The molecule has 2 rings (SSSR count). The van der Waals surface area contributed by atoms with Crippen LogP contribution in [0.2, 0.25) is 0 Å². The molecule has 3 nitrogen and oxygen atoms in total. The molecule has 0 amide bonds. The number of nitrogens with two attached hydrogens (primary N) is 1. The van der Waals surface area contributed by atoms with Gasteiger partial charge < -0.3 is 10.5 Å². The Bertz CT molecular complexity index is 490. The second-order valence-corrected chi connectivity index (χ2v) is 3.78. The van der Waals surface area contributed by atoms with Gasteiger partial charge in [0, 0.05) is 15.6 Å². The van der Waals surface area contributed by atoms with Crippen molar-refractivity contribution in [3.05, 3.63) is 23.1 Å². The van der Waals surface area contributed by atoms with E-state index >= 15 is 0 Å². The fraction of sp³-hybridized carbons (Fsp3) is 0.100. The lowest BCUT2D eigenvalue weighted by Crippen LogP contribution is -1.94. The van der Waals surface area contributed by atoms with Crippen molar-refractivity contribution in [2.45, 2.75) is 0 Å². The Morgan fingerprint density at radius 3 is 3.00 bits per heavy atom. The lowest BCUT2D eigenvalue weighted by molar-refractivity contribution is 0.112. The number of methoxy groups -OCH3 is 1. The zero-order chi connectivity index (χ0) is 10.1. The zero-order valence-electron chi connectivity index (χ0n) is 7.61. The number of rotatable bonds is 2. The Hall–Kier alpha value is -1.55. The fourth-order valence-corrected chi connectivity index (χ4v) is 2.31. The van der Waals surface area contributed by atoms with Gasteiger partial charge in [-0.1, -0.05) is 0 Å². The van der Waals surface area contributed by atoms with Gasteiger partial charge in [0.2, 0.25) is 0 Å². The summed E-state index contributed by atoms with van der Waals surface area (Å²) in [7, 11) is 1.54. The maximum Gasteiger partial charge on any atom is 0.151 e. The normalized spacial score (nSPS) is 10.4. The molecule has 2 N–H and O–H groups in total. The lowest BCUT2D eigenvalue weighted by atomic mass is 10.1. The number of carbonyl (C=O) groups excluding carboxylic acids is 1. The van der Waals surface area contributed by atoms with E-state index in [2.05, 4.69) is 0 Å². The molecule has 0 radical (unpaired) electrons. The summed E-state index contributed by atoms with van der Waals surface area (Å²) in [5, 5.41) is 2.80. The number of ether oxygens (including phenoxy) is 1. The predicted octanol–water partition coefficient (Wildman–Crippen LogP) is 2.30. The summed E-state index contributed by atoms with van der Waals surface area (Å²) in [5.74, 6) is 0.554. The maximum absolute atomic E-state index is 10.8. The van der Waals surface area contributed by atoms with Gasteiger partial charge in [-0.15, -0.1) is 11.3 Å². The minimum absolute atomic E-state index is 0.554. The first kappa shape index (κ1) is 9.02. The molecular weight excluding hydrogens is 198 g/mol. The van der Waals surface area contributed by atoms with Gasteiger partial charge in [0.05, 0.1) is 12.8 Å². The SMILES string of the molecule is COc1cc(C=O)c2sccc2c1N. The number of aldehydes is 1. The summed E-state index contributed by atoms with van der Waals surface area (Å²) in [5.41, 5.74) is 7.08. The molecular formula is C10H9NO2S. The van der Waals surface area contributed by atoms with E-state index in [4.69, 9.17) is 10.5 Å². The van der Waals surface area contributed by atoms with E-state index in [9.17, 15) is 4.79 Å². The molecule has 0 aliphatic heterocycles. The number of thiophene rings is 1. The van der Waals surface area contributed by atoms with Crippen molar-refractivity contribution < 1.29 is 9.53 Å². The number of hydrogen-bond acceptors (Lipinski definition) is 4. The number of anilines is 1. The van der Waals surface area contributed by atoms with Gasteiger partial charge in [-0.2, -0.15) is 0 Å². The highest BCUT2D eigenvalue weighted by Crippen LogP contribution is 2.35. The molecule has 0 aliphatic rings. The predicted molar refractivity (Wildman–Crippen MR) is 58.2 cm³/mol. The first-order chi connectivity index (χ1) is 6.77. The summed E-state index contributed by atoms with van der Waals surface area (Å²) in [6.07, 6.45) is 0.820. The van der Waals surface area contributed by atoms with Crippen molar-refractivity contribution >= 4 is 33.4 Å². The largest absolute Gasteiger partial charge is 0.495 e. The molecule has 72 valence electrons. The van der Waals surface area contributed by atoms with Crippen LogP contribution >= 0.6 is 11.3 Å². The third kappa shape index (κ3) is 1.15. The van der Waals surface area contributed by atoms with Crippen molar-refractivity contribution in [3.8, 4) is 5.75 Å². The van der Waals surface area contributed by atoms with E-state index in [0.29, 0.717) is 17.0 Å². The third-order valence-corrected chi connectivity index (χ3v) is 3.08. The van der Waals surface area contributed by atoms with E-state index < -0.39 is 0 Å². The van der Waals surface area contributed by atoms with Crippen LogP contribution in [-0.2, 0) is 0 Å². The van der Waals surface area contributed by atoms with Crippen molar-refractivity contribution in [2.24, 2.45) is 0 Å². The molecule has 0 bridgehead atoms. The van der Waals surface area contributed by atoms with E-state index in [1.807, 2.05) is 11.4 Å². The standard InChI is InChI=1S/C10H9NO2S/c1-13-8-4-6(5-12)10-7(9(8)11)2-3-14-10/h2-5H,11H2,1H3. The first-order valence-corrected chi connectivity index (χ1v) is 4.94. The smallest absolute Gasteiger partial charge is 0.151 e. The fourth-order valence-electron chi connectivity index (χ4n) is 1.42. The van der Waals surface area contributed by atoms with Gasteiger partial charge in [0.25, 0.3) is 0 Å². The quantitative estimate of drug-likeness (QED) is 0.607. The summed E-state index contributed by atoms with van der Waals surface area (Å²) in [4.78, 5) is 10.8. The zero-order valence-corrected chi connectivity index (χ0v) is 8.43. The van der Waals surface area contributed by atoms with Gasteiger partial charge >= 0.3 is 0 Å². The van der Waals surface area contributed by atoms with E-state index in [1.54, 1.807) is 13.2 Å². The highest BCUT2D eigenvalue weighted by atomic mass is 32.1. The van der Waals surface area contributed by atoms with Gasteiger partial charge in [0.15, 0.2) is 6.29 Å². The highest BCUT2D eigenvalue weighted by molar-refractivity contribution is 7.17. The molecule has 0 spiro atoms. The number of benzene rings is 1. The Morgan fingerprint density at radius 2 is 2.36 bits per heavy atom. The van der Waals surface area contributed by atoms with Gasteiger partial charge in [-0.05, 0) is 17.5 Å². The number of hydrogen-bond donors (Lipinski definition) is 1.